The molecule has 0 aromatic rings. The molecule has 1 rings (SSSR count). The zero-order valence-corrected chi connectivity index (χ0v) is 15.8. The van der Waals surface area contributed by atoms with Crippen LogP contribution >= 0.6 is 0 Å². The van der Waals surface area contributed by atoms with E-state index in [1.165, 1.54) is 0 Å². The van der Waals surface area contributed by atoms with Gasteiger partial charge in [-0.25, -0.2) is 4.79 Å². The summed E-state index contributed by atoms with van der Waals surface area (Å²) in [5, 5.41) is 13.2. The molecular formula is C18H36N2O3. The first-order valence-corrected chi connectivity index (χ1v) is 9.00. The molecule has 1 amide bonds. The van der Waals surface area contributed by atoms with Crippen molar-refractivity contribution in [1.82, 2.24) is 10.2 Å². The molecule has 1 saturated heterocycles. The third-order valence-electron chi connectivity index (χ3n) is 4.22. The maximum atomic E-state index is 12.0. The molecule has 1 aliphatic heterocycles. The Morgan fingerprint density at radius 2 is 2.00 bits per heavy atom. The Balaban J connectivity index is 2.61. The zero-order valence-electron chi connectivity index (χ0n) is 15.8. The molecule has 0 aromatic carbocycles. The second-order valence-electron chi connectivity index (χ2n) is 8.25. The van der Waals surface area contributed by atoms with Crippen LogP contribution in [0.3, 0.4) is 0 Å². The summed E-state index contributed by atoms with van der Waals surface area (Å²) in [6.07, 6.45) is 2.18. The van der Waals surface area contributed by atoms with E-state index in [0.29, 0.717) is 5.92 Å². The third-order valence-corrected chi connectivity index (χ3v) is 4.22. The molecule has 5 nitrogen and oxygen atoms in total. The number of aliphatic hydroxyl groups excluding tert-OH is 1. The molecule has 3 atom stereocenters. The number of aliphatic hydroxyl groups is 1. The third kappa shape index (κ3) is 8.02. The van der Waals surface area contributed by atoms with Gasteiger partial charge in [0.05, 0.1) is 6.10 Å². The Kier molecular flexibility index (Phi) is 7.81. The molecule has 1 aliphatic rings. The van der Waals surface area contributed by atoms with Crippen LogP contribution in [0.4, 0.5) is 4.79 Å². The number of alkyl carbamates (subject to hydrolysis) is 1. The molecule has 0 aromatic heterocycles. The zero-order chi connectivity index (χ0) is 17.6. The van der Waals surface area contributed by atoms with Crippen LogP contribution in [-0.2, 0) is 4.74 Å². The Bertz CT molecular complexity index is 366. The van der Waals surface area contributed by atoms with Gasteiger partial charge in [-0.2, -0.15) is 0 Å². The molecular weight excluding hydrogens is 292 g/mol. The lowest BCUT2D eigenvalue weighted by Gasteiger charge is -2.39. The van der Waals surface area contributed by atoms with Gasteiger partial charge in [-0.05, 0) is 58.4 Å². The number of carbonyl (C=O) groups excluding carboxylic acids is 1. The summed E-state index contributed by atoms with van der Waals surface area (Å²) in [5.74, 6) is 0.682. The normalized spacial score (nSPS) is 24.5. The first-order valence-electron chi connectivity index (χ1n) is 9.00. The number of hydrogen-bond donors (Lipinski definition) is 2. The monoisotopic (exact) mass is 328 g/mol. The van der Waals surface area contributed by atoms with E-state index in [1.807, 2.05) is 34.6 Å². The largest absolute Gasteiger partial charge is 0.444 e. The van der Waals surface area contributed by atoms with Gasteiger partial charge in [0, 0.05) is 19.1 Å². The van der Waals surface area contributed by atoms with Crippen LogP contribution in [0, 0.1) is 11.8 Å². The SMILES string of the molecule is CCCN1CC(CC(O)C(C)C)CC(NC(=O)OC(C)(C)C)C1. The Morgan fingerprint density at radius 3 is 2.52 bits per heavy atom. The van der Waals surface area contributed by atoms with Gasteiger partial charge in [0.15, 0.2) is 0 Å². The van der Waals surface area contributed by atoms with Crippen molar-refractivity contribution >= 4 is 6.09 Å². The Labute approximate surface area is 141 Å². The highest BCUT2D eigenvalue weighted by Crippen LogP contribution is 2.24. The summed E-state index contributed by atoms with van der Waals surface area (Å²) in [6, 6.07) is 0.0921. The Morgan fingerprint density at radius 1 is 1.35 bits per heavy atom. The van der Waals surface area contributed by atoms with Crippen molar-refractivity contribution in [2.45, 2.75) is 78.6 Å². The van der Waals surface area contributed by atoms with Crippen LogP contribution in [0.15, 0.2) is 0 Å². The van der Waals surface area contributed by atoms with Crippen molar-refractivity contribution < 1.29 is 14.6 Å². The van der Waals surface area contributed by atoms with Crippen LogP contribution in [-0.4, -0.2) is 53.5 Å². The molecule has 3 unspecified atom stereocenters. The smallest absolute Gasteiger partial charge is 0.407 e. The fraction of sp³-hybridized carbons (Fsp3) is 0.944. The van der Waals surface area contributed by atoms with Crippen LogP contribution in [0.25, 0.3) is 0 Å². The van der Waals surface area contributed by atoms with Crippen molar-refractivity contribution in [2.24, 2.45) is 11.8 Å². The molecule has 0 saturated carbocycles. The molecule has 136 valence electrons. The van der Waals surface area contributed by atoms with Gasteiger partial charge in [0.25, 0.3) is 0 Å². The number of piperidine rings is 1. The van der Waals surface area contributed by atoms with Gasteiger partial charge in [-0.1, -0.05) is 20.8 Å². The van der Waals surface area contributed by atoms with Crippen molar-refractivity contribution in [3.05, 3.63) is 0 Å². The lowest BCUT2D eigenvalue weighted by Crippen LogP contribution is -2.52. The van der Waals surface area contributed by atoms with E-state index in [-0.39, 0.29) is 24.2 Å². The minimum atomic E-state index is -0.477. The molecule has 0 radical (unpaired) electrons. The number of nitrogens with zero attached hydrogens (tertiary/aromatic N) is 1. The van der Waals surface area contributed by atoms with E-state index in [0.717, 1.165) is 38.9 Å². The number of nitrogens with one attached hydrogen (secondary N) is 1. The predicted molar refractivity (Wildman–Crippen MR) is 93.5 cm³/mol. The Hall–Kier alpha value is -0.810. The maximum Gasteiger partial charge on any atom is 0.407 e. The molecule has 5 heteroatoms. The number of carbonyl (C=O) groups is 1. The van der Waals surface area contributed by atoms with E-state index >= 15 is 0 Å². The van der Waals surface area contributed by atoms with Gasteiger partial charge in [0.2, 0.25) is 0 Å². The highest BCUT2D eigenvalue weighted by atomic mass is 16.6. The van der Waals surface area contributed by atoms with Crippen molar-refractivity contribution in [3.8, 4) is 0 Å². The van der Waals surface area contributed by atoms with Crippen LogP contribution < -0.4 is 5.32 Å². The first kappa shape index (κ1) is 20.2. The fourth-order valence-electron chi connectivity index (χ4n) is 3.16. The minimum absolute atomic E-state index is 0.0921. The average Bonchev–Trinajstić information content (AvgIpc) is 2.35. The maximum absolute atomic E-state index is 12.0. The number of likely N-dealkylation sites (tertiary alicyclic amines) is 1. The van der Waals surface area contributed by atoms with Crippen LogP contribution in [0.2, 0.25) is 0 Å². The van der Waals surface area contributed by atoms with E-state index in [2.05, 4.69) is 17.1 Å². The lowest BCUT2D eigenvalue weighted by atomic mass is 9.86. The molecule has 0 bridgehead atoms. The van der Waals surface area contributed by atoms with Crippen molar-refractivity contribution in [1.29, 1.82) is 0 Å². The fourth-order valence-corrected chi connectivity index (χ4v) is 3.16. The van der Waals surface area contributed by atoms with E-state index < -0.39 is 5.60 Å². The summed E-state index contributed by atoms with van der Waals surface area (Å²) in [4.78, 5) is 14.4. The van der Waals surface area contributed by atoms with E-state index in [4.69, 9.17) is 4.74 Å². The van der Waals surface area contributed by atoms with Crippen molar-refractivity contribution in [2.75, 3.05) is 19.6 Å². The van der Waals surface area contributed by atoms with Crippen LogP contribution in [0.5, 0.6) is 0 Å². The summed E-state index contributed by atoms with van der Waals surface area (Å²) in [6.45, 7) is 14.8. The molecule has 2 N–H and O–H groups in total. The van der Waals surface area contributed by atoms with Gasteiger partial charge in [0.1, 0.15) is 5.60 Å². The number of hydrogen-bond acceptors (Lipinski definition) is 4. The average molecular weight is 328 g/mol. The second kappa shape index (κ2) is 8.88. The number of amides is 1. The van der Waals surface area contributed by atoms with E-state index in [1.54, 1.807) is 0 Å². The number of rotatable bonds is 6. The van der Waals surface area contributed by atoms with Crippen LogP contribution in [0.1, 0.15) is 60.8 Å². The summed E-state index contributed by atoms with van der Waals surface area (Å²) in [5.41, 5.74) is -0.477. The topological polar surface area (TPSA) is 61.8 Å². The number of ether oxygens (including phenoxy) is 1. The van der Waals surface area contributed by atoms with Gasteiger partial charge in [-0.15, -0.1) is 0 Å². The highest BCUT2D eigenvalue weighted by molar-refractivity contribution is 5.68. The van der Waals surface area contributed by atoms with Gasteiger partial charge >= 0.3 is 6.09 Å². The van der Waals surface area contributed by atoms with Gasteiger partial charge < -0.3 is 20.1 Å². The summed E-state index contributed by atoms with van der Waals surface area (Å²) in [7, 11) is 0. The second-order valence-corrected chi connectivity index (χ2v) is 8.25. The summed E-state index contributed by atoms with van der Waals surface area (Å²) < 4.78 is 5.37. The highest BCUT2D eigenvalue weighted by Gasteiger charge is 2.30. The quantitative estimate of drug-likeness (QED) is 0.787. The van der Waals surface area contributed by atoms with Crippen molar-refractivity contribution in [3.63, 3.8) is 0 Å². The minimum Gasteiger partial charge on any atom is -0.444 e. The molecule has 1 heterocycles. The van der Waals surface area contributed by atoms with Gasteiger partial charge in [-0.3, -0.25) is 0 Å². The molecule has 1 fully saturated rings. The standard InChI is InChI=1S/C18H36N2O3/c1-7-8-20-11-14(10-16(21)13(2)3)9-15(12-20)19-17(22)23-18(4,5)6/h13-16,21H,7-12H2,1-6H3,(H,19,22). The molecule has 0 aliphatic carbocycles. The predicted octanol–water partition coefficient (Wildman–Crippen LogP) is 3.02. The lowest BCUT2D eigenvalue weighted by molar-refractivity contribution is 0.0386. The molecule has 0 spiro atoms. The summed E-state index contributed by atoms with van der Waals surface area (Å²) >= 11 is 0. The first-order chi connectivity index (χ1) is 10.6. The molecule has 23 heavy (non-hydrogen) atoms. The van der Waals surface area contributed by atoms with E-state index in [9.17, 15) is 9.90 Å².